The quantitative estimate of drug-likeness (QED) is 0.804. The summed E-state index contributed by atoms with van der Waals surface area (Å²) in [7, 11) is 1.16. The Labute approximate surface area is 155 Å². The van der Waals surface area contributed by atoms with Crippen LogP contribution in [0, 0.1) is 13.8 Å². The molecule has 0 unspecified atom stereocenters. The van der Waals surface area contributed by atoms with Crippen molar-refractivity contribution >= 4 is 11.9 Å². The monoisotopic (exact) mass is 379 g/mol. The Bertz CT molecular complexity index is 826. The SMILES string of the molecule is COC(=O)[C@H](Cc1c(C)cccc1C)NC(=O)c1ccccc1C(F)(F)F. The van der Waals surface area contributed by atoms with Crippen molar-refractivity contribution in [2.45, 2.75) is 32.5 Å². The highest BCUT2D eigenvalue weighted by atomic mass is 19.4. The lowest BCUT2D eigenvalue weighted by Crippen LogP contribution is -2.43. The van der Waals surface area contributed by atoms with Crippen molar-refractivity contribution in [3.8, 4) is 0 Å². The van der Waals surface area contributed by atoms with Crippen LogP contribution in [0.2, 0.25) is 0 Å². The van der Waals surface area contributed by atoms with Gasteiger partial charge in [0.25, 0.3) is 5.91 Å². The molecule has 1 amide bonds. The number of methoxy groups -OCH3 is 1. The van der Waals surface area contributed by atoms with E-state index in [4.69, 9.17) is 4.74 Å². The van der Waals surface area contributed by atoms with Crippen LogP contribution in [-0.2, 0) is 22.1 Å². The Kier molecular flexibility index (Phi) is 6.25. The molecule has 2 rings (SSSR count). The van der Waals surface area contributed by atoms with E-state index in [-0.39, 0.29) is 6.42 Å². The van der Waals surface area contributed by atoms with Gasteiger partial charge >= 0.3 is 12.1 Å². The smallest absolute Gasteiger partial charge is 0.417 e. The Morgan fingerprint density at radius 3 is 2.19 bits per heavy atom. The van der Waals surface area contributed by atoms with Gasteiger partial charge in [-0.1, -0.05) is 30.3 Å². The Hall–Kier alpha value is -2.83. The zero-order chi connectivity index (χ0) is 20.2. The third-order valence-corrected chi connectivity index (χ3v) is 4.32. The summed E-state index contributed by atoms with van der Waals surface area (Å²) < 4.78 is 44.2. The summed E-state index contributed by atoms with van der Waals surface area (Å²) in [6, 6.07) is 8.91. The Balaban J connectivity index is 2.33. The minimum atomic E-state index is -4.68. The van der Waals surface area contributed by atoms with Crippen molar-refractivity contribution in [3.63, 3.8) is 0 Å². The second-order valence-electron chi connectivity index (χ2n) is 6.17. The molecule has 0 saturated carbocycles. The minimum absolute atomic E-state index is 0.116. The molecule has 0 saturated heterocycles. The second kappa shape index (κ2) is 8.24. The lowest BCUT2D eigenvalue weighted by molar-refractivity contribution is -0.142. The van der Waals surface area contributed by atoms with Gasteiger partial charge in [-0.3, -0.25) is 4.79 Å². The van der Waals surface area contributed by atoms with Crippen LogP contribution in [0.4, 0.5) is 13.2 Å². The topological polar surface area (TPSA) is 55.4 Å². The van der Waals surface area contributed by atoms with E-state index in [1.807, 2.05) is 32.0 Å². The molecule has 0 fully saturated rings. The summed E-state index contributed by atoms with van der Waals surface area (Å²) in [5.74, 6) is -1.71. The molecule has 0 spiro atoms. The molecule has 0 radical (unpaired) electrons. The predicted octanol–water partition coefficient (Wildman–Crippen LogP) is 3.84. The van der Waals surface area contributed by atoms with Gasteiger partial charge in [0.2, 0.25) is 0 Å². The molecule has 7 heteroatoms. The number of nitrogens with one attached hydrogen (secondary N) is 1. The summed E-state index contributed by atoms with van der Waals surface area (Å²) in [4.78, 5) is 24.6. The number of halogens is 3. The molecule has 2 aromatic carbocycles. The maximum atomic E-state index is 13.2. The van der Waals surface area contributed by atoms with Gasteiger partial charge in [-0.05, 0) is 42.7 Å². The van der Waals surface area contributed by atoms with Crippen LogP contribution in [0.15, 0.2) is 42.5 Å². The maximum absolute atomic E-state index is 13.2. The first-order valence-electron chi connectivity index (χ1n) is 8.25. The number of hydrogen-bond acceptors (Lipinski definition) is 3. The number of esters is 1. The highest BCUT2D eigenvalue weighted by Gasteiger charge is 2.35. The first-order valence-corrected chi connectivity index (χ1v) is 8.25. The molecule has 0 aliphatic rings. The number of hydrogen-bond donors (Lipinski definition) is 1. The van der Waals surface area contributed by atoms with Crippen LogP contribution in [0.3, 0.4) is 0 Å². The standard InChI is InChI=1S/C20H20F3NO3/c1-12-7-6-8-13(2)15(12)11-17(19(26)27-3)24-18(25)14-9-4-5-10-16(14)20(21,22)23/h4-10,17H,11H2,1-3H3,(H,24,25)/t17-/m0/s1. The predicted molar refractivity (Wildman–Crippen MR) is 94.3 cm³/mol. The van der Waals surface area contributed by atoms with Crippen molar-refractivity contribution in [3.05, 3.63) is 70.3 Å². The van der Waals surface area contributed by atoms with Crippen LogP contribution in [0.25, 0.3) is 0 Å². The summed E-state index contributed by atoms with van der Waals surface area (Å²) in [5, 5.41) is 2.39. The van der Waals surface area contributed by atoms with Gasteiger partial charge in [-0.15, -0.1) is 0 Å². The van der Waals surface area contributed by atoms with E-state index in [0.29, 0.717) is 0 Å². The van der Waals surface area contributed by atoms with Gasteiger partial charge in [-0.25, -0.2) is 4.79 Å². The number of aryl methyl sites for hydroxylation is 2. The molecule has 1 N–H and O–H groups in total. The highest BCUT2D eigenvalue weighted by Crippen LogP contribution is 2.31. The van der Waals surface area contributed by atoms with Gasteiger partial charge in [0, 0.05) is 6.42 Å². The lowest BCUT2D eigenvalue weighted by Gasteiger charge is -2.20. The number of carbonyl (C=O) groups excluding carboxylic acids is 2. The number of benzene rings is 2. The number of ether oxygens (including phenoxy) is 1. The van der Waals surface area contributed by atoms with E-state index in [1.165, 1.54) is 12.1 Å². The second-order valence-corrected chi connectivity index (χ2v) is 6.17. The van der Waals surface area contributed by atoms with Crippen molar-refractivity contribution in [2.24, 2.45) is 0 Å². The molecule has 0 aliphatic carbocycles. The molecule has 27 heavy (non-hydrogen) atoms. The van der Waals surface area contributed by atoms with Crippen LogP contribution >= 0.6 is 0 Å². The molecule has 0 heterocycles. The number of carbonyl (C=O) groups is 2. The fourth-order valence-corrected chi connectivity index (χ4v) is 2.87. The van der Waals surface area contributed by atoms with Gasteiger partial charge in [0.05, 0.1) is 18.2 Å². The normalized spacial score (nSPS) is 12.4. The third kappa shape index (κ3) is 4.87. The molecule has 4 nitrogen and oxygen atoms in total. The number of alkyl halides is 3. The lowest BCUT2D eigenvalue weighted by atomic mass is 9.96. The van der Waals surface area contributed by atoms with E-state index in [2.05, 4.69) is 5.32 Å². The van der Waals surface area contributed by atoms with Crippen LogP contribution in [-0.4, -0.2) is 25.0 Å². The summed E-state index contributed by atoms with van der Waals surface area (Å²) in [6.45, 7) is 3.72. The molecular formula is C20H20F3NO3. The average Bonchev–Trinajstić information content (AvgIpc) is 2.62. The largest absolute Gasteiger partial charge is 0.467 e. The van der Waals surface area contributed by atoms with E-state index in [1.54, 1.807) is 0 Å². The Morgan fingerprint density at radius 1 is 1.04 bits per heavy atom. The first-order chi connectivity index (χ1) is 12.6. The van der Waals surface area contributed by atoms with Crippen molar-refractivity contribution in [2.75, 3.05) is 7.11 Å². The molecule has 2 aromatic rings. The maximum Gasteiger partial charge on any atom is 0.417 e. The van der Waals surface area contributed by atoms with Crippen LogP contribution in [0.5, 0.6) is 0 Å². The van der Waals surface area contributed by atoms with Crippen LogP contribution < -0.4 is 5.32 Å². The molecule has 1 atom stereocenters. The fraction of sp³-hybridized carbons (Fsp3) is 0.300. The van der Waals surface area contributed by atoms with Crippen molar-refractivity contribution in [1.29, 1.82) is 0 Å². The number of amides is 1. The van der Waals surface area contributed by atoms with Crippen molar-refractivity contribution in [1.82, 2.24) is 5.32 Å². The number of rotatable bonds is 5. The molecule has 0 aliphatic heterocycles. The van der Waals surface area contributed by atoms with E-state index in [9.17, 15) is 22.8 Å². The van der Waals surface area contributed by atoms with E-state index >= 15 is 0 Å². The van der Waals surface area contributed by atoms with Gasteiger partial charge in [0.15, 0.2) is 0 Å². The zero-order valence-corrected chi connectivity index (χ0v) is 15.2. The van der Waals surface area contributed by atoms with Crippen LogP contribution in [0.1, 0.15) is 32.6 Å². The summed E-state index contributed by atoms with van der Waals surface area (Å²) >= 11 is 0. The first kappa shape index (κ1) is 20.5. The van der Waals surface area contributed by atoms with Crippen molar-refractivity contribution < 1.29 is 27.5 Å². The highest BCUT2D eigenvalue weighted by molar-refractivity contribution is 5.98. The Morgan fingerprint density at radius 2 is 1.63 bits per heavy atom. The van der Waals surface area contributed by atoms with Gasteiger partial charge in [0.1, 0.15) is 6.04 Å². The molecule has 144 valence electrons. The van der Waals surface area contributed by atoms with E-state index in [0.717, 1.165) is 35.9 Å². The fourth-order valence-electron chi connectivity index (χ4n) is 2.87. The van der Waals surface area contributed by atoms with Gasteiger partial charge in [-0.2, -0.15) is 13.2 Å². The molecule has 0 bridgehead atoms. The summed E-state index contributed by atoms with van der Waals surface area (Å²) in [5.41, 5.74) is 1.05. The summed E-state index contributed by atoms with van der Waals surface area (Å²) in [6.07, 6.45) is -4.56. The van der Waals surface area contributed by atoms with Gasteiger partial charge < -0.3 is 10.1 Å². The molecular weight excluding hydrogens is 359 g/mol. The minimum Gasteiger partial charge on any atom is -0.467 e. The average molecular weight is 379 g/mol. The third-order valence-electron chi connectivity index (χ3n) is 4.32. The molecule has 0 aromatic heterocycles. The van der Waals surface area contributed by atoms with E-state index < -0.39 is 35.2 Å². The zero-order valence-electron chi connectivity index (χ0n) is 15.2.